The minimum atomic E-state index is -0.291. The molecule has 2 aliphatic rings. The van der Waals surface area contributed by atoms with Gasteiger partial charge in [0.2, 0.25) is 0 Å². The highest BCUT2D eigenvalue weighted by atomic mass is 16.7. The molecule has 4 nitrogen and oxygen atoms in total. The lowest BCUT2D eigenvalue weighted by Gasteiger charge is -2.32. The summed E-state index contributed by atoms with van der Waals surface area (Å²) in [6, 6.07) is 0. The highest BCUT2D eigenvalue weighted by Crippen LogP contribution is 2.36. The van der Waals surface area contributed by atoms with Crippen LogP contribution in [0.25, 0.3) is 0 Å². The second kappa shape index (κ2) is 5.96. The summed E-state index contributed by atoms with van der Waals surface area (Å²) in [5.41, 5.74) is -0.565. The number of rotatable bonds is 4. The monoisotopic (exact) mass is 268 g/mol. The topological polar surface area (TPSA) is 36.9 Å². The first-order chi connectivity index (χ1) is 8.91. The van der Waals surface area contributed by atoms with Crippen LogP contribution in [-0.2, 0) is 18.8 Å². The molecular weight excluding hydrogens is 243 g/mol. The molecule has 0 saturated carbocycles. The Bertz CT molecular complexity index is 305. The smallest absolute Gasteiger partial charge is 0.400 e. The lowest BCUT2D eigenvalue weighted by Crippen LogP contribution is -2.41. The van der Waals surface area contributed by atoms with Gasteiger partial charge in [0.25, 0.3) is 0 Å². The van der Waals surface area contributed by atoms with Crippen LogP contribution in [0.2, 0.25) is 0 Å². The average Bonchev–Trinajstić information content (AvgIpc) is 2.55. The fourth-order valence-corrected chi connectivity index (χ4v) is 2.14. The van der Waals surface area contributed by atoms with Crippen LogP contribution < -0.4 is 0 Å². The number of hydrogen-bond donors (Lipinski definition) is 0. The maximum atomic E-state index is 5.86. The summed E-state index contributed by atoms with van der Waals surface area (Å²) >= 11 is 0. The lowest BCUT2D eigenvalue weighted by molar-refractivity contribution is -0.155. The van der Waals surface area contributed by atoms with Crippen LogP contribution in [0.5, 0.6) is 0 Å². The summed E-state index contributed by atoms with van der Waals surface area (Å²) in [6.07, 6.45) is 5.22. The van der Waals surface area contributed by atoms with E-state index in [2.05, 4.69) is 0 Å². The largest absolute Gasteiger partial charge is 0.486 e. The van der Waals surface area contributed by atoms with Crippen molar-refractivity contribution in [3.05, 3.63) is 12.1 Å². The Morgan fingerprint density at radius 3 is 2.42 bits per heavy atom. The Morgan fingerprint density at radius 1 is 1.16 bits per heavy atom. The van der Waals surface area contributed by atoms with Crippen LogP contribution in [0.3, 0.4) is 0 Å². The highest BCUT2D eigenvalue weighted by Gasteiger charge is 2.49. The van der Waals surface area contributed by atoms with Gasteiger partial charge in [0.05, 0.1) is 17.8 Å². The van der Waals surface area contributed by atoms with E-state index in [1.165, 1.54) is 6.42 Å². The molecule has 19 heavy (non-hydrogen) atoms. The molecule has 0 bridgehead atoms. The van der Waals surface area contributed by atoms with E-state index < -0.39 is 0 Å². The van der Waals surface area contributed by atoms with E-state index in [1.807, 2.05) is 39.7 Å². The first-order valence-electron chi connectivity index (χ1n) is 7.16. The molecule has 0 spiro atoms. The molecule has 2 heterocycles. The molecule has 0 aromatic carbocycles. The van der Waals surface area contributed by atoms with E-state index in [9.17, 15) is 0 Å². The third-order valence-corrected chi connectivity index (χ3v) is 4.08. The fourth-order valence-electron chi connectivity index (χ4n) is 2.14. The van der Waals surface area contributed by atoms with Crippen molar-refractivity contribution in [1.82, 2.24) is 0 Å². The minimum Gasteiger partial charge on any atom is -0.400 e. The molecule has 2 rings (SSSR count). The number of ether oxygens (including phenoxy) is 2. The summed E-state index contributed by atoms with van der Waals surface area (Å²) in [5, 5.41) is 0. The summed E-state index contributed by atoms with van der Waals surface area (Å²) in [5.74, 6) is 1.92. The van der Waals surface area contributed by atoms with Crippen LogP contribution in [0.1, 0.15) is 47.0 Å². The SMILES string of the molecule is CC1(C)OB(/C=C\CO[C@H]2CCCCO2)OC1(C)C. The van der Waals surface area contributed by atoms with Gasteiger partial charge in [0.15, 0.2) is 6.29 Å². The zero-order chi connectivity index (χ0) is 13.9. The average molecular weight is 268 g/mol. The molecule has 0 radical (unpaired) electrons. The molecule has 2 saturated heterocycles. The maximum Gasteiger partial charge on any atom is 0.486 e. The zero-order valence-corrected chi connectivity index (χ0v) is 12.5. The molecule has 0 aromatic heterocycles. The van der Waals surface area contributed by atoms with E-state index in [-0.39, 0.29) is 24.6 Å². The molecule has 0 aliphatic carbocycles. The Balaban J connectivity index is 1.72. The Kier molecular flexibility index (Phi) is 4.72. The van der Waals surface area contributed by atoms with E-state index in [0.29, 0.717) is 6.61 Å². The van der Waals surface area contributed by atoms with Gasteiger partial charge in [-0.2, -0.15) is 0 Å². The molecule has 0 aromatic rings. The molecule has 0 N–H and O–H groups in total. The van der Waals surface area contributed by atoms with Crippen molar-refractivity contribution in [3.63, 3.8) is 0 Å². The van der Waals surface area contributed by atoms with E-state index in [4.69, 9.17) is 18.8 Å². The van der Waals surface area contributed by atoms with Crippen LogP contribution in [0, 0.1) is 0 Å². The van der Waals surface area contributed by atoms with Crippen LogP contribution >= 0.6 is 0 Å². The predicted molar refractivity (Wildman–Crippen MR) is 74.8 cm³/mol. The van der Waals surface area contributed by atoms with Gasteiger partial charge in [0.1, 0.15) is 0 Å². The van der Waals surface area contributed by atoms with Crippen molar-refractivity contribution in [1.29, 1.82) is 0 Å². The quantitative estimate of drug-likeness (QED) is 0.734. The second-order valence-corrected chi connectivity index (χ2v) is 6.18. The van der Waals surface area contributed by atoms with Crippen molar-refractivity contribution < 1.29 is 18.8 Å². The summed E-state index contributed by atoms with van der Waals surface area (Å²) in [4.78, 5) is 0. The van der Waals surface area contributed by atoms with Crippen molar-refractivity contribution >= 4 is 7.12 Å². The van der Waals surface area contributed by atoms with Crippen LogP contribution in [0.15, 0.2) is 12.1 Å². The van der Waals surface area contributed by atoms with Gasteiger partial charge in [-0.05, 0) is 47.0 Å². The first kappa shape index (κ1) is 15.0. The van der Waals surface area contributed by atoms with Crippen molar-refractivity contribution in [2.24, 2.45) is 0 Å². The molecule has 108 valence electrons. The first-order valence-corrected chi connectivity index (χ1v) is 7.16. The second-order valence-electron chi connectivity index (χ2n) is 6.18. The van der Waals surface area contributed by atoms with Crippen LogP contribution in [-0.4, -0.2) is 37.8 Å². The van der Waals surface area contributed by atoms with Gasteiger partial charge in [-0.1, -0.05) is 12.1 Å². The lowest BCUT2D eigenvalue weighted by atomic mass is 9.90. The highest BCUT2D eigenvalue weighted by molar-refractivity contribution is 6.51. The van der Waals surface area contributed by atoms with Gasteiger partial charge in [0, 0.05) is 6.61 Å². The van der Waals surface area contributed by atoms with Gasteiger partial charge >= 0.3 is 7.12 Å². The predicted octanol–water partition coefficient (Wildman–Crippen LogP) is 2.72. The van der Waals surface area contributed by atoms with Crippen LogP contribution in [0.4, 0.5) is 0 Å². The minimum absolute atomic E-state index is 0.0447. The molecule has 2 fully saturated rings. The van der Waals surface area contributed by atoms with Crippen molar-refractivity contribution in [3.8, 4) is 0 Å². The third-order valence-electron chi connectivity index (χ3n) is 4.08. The molecule has 0 unspecified atom stereocenters. The normalized spacial score (nSPS) is 30.1. The zero-order valence-electron chi connectivity index (χ0n) is 12.5. The fraction of sp³-hybridized carbons (Fsp3) is 0.857. The molecular formula is C14H25BO4. The summed E-state index contributed by atoms with van der Waals surface area (Å²) in [7, 11) is -0.291. The van der Waals surface area contributed by atoms with E-state index in [1.54, 1.807) is 0 Å². The van der Waals surface area contributed by atoms with Gasteiger partial charge in [-0.15, -0.1) is 0 Å². The van der Waals surface area contributed by atoms with Gasteiger partial charge in [-0.25, -0.2) is 0 Å². The van der Waals surface area contributed by atoms with Crippen molar-refractivity contribution in [2.75, 3.05) is 13.2 Å². The Labute approximate surface area is 116 Å². The Hall–Kier alpha value is -0.355. The molecule has 5 heteroatoms. The number of hydrogen-bond acceptors (Lipinski definition) is 4. The molecule has 0 amide bonds. The summed E-state index contributed by atoms with van der Waals surface area (Å²) in [6.45, 7) is 9.54. The summed E-state index contributed by atoms with van der Waals surface area (Å²) < 4.78 is 22.8. The van der Waals surface area contributed by atoms with Gasteiger partial charge < -0.3 is 18.8 Å². The molecule has 1 atom stereocenters. The van der Waals surface area contributed by atoms with E-state index >= 15 is 0 Å². The standard InChI is InChI=1S/C14H25BO4/c1-13(2)14(3,4)19-15(18-13)9-7-11-17-12-8-5-6-10-16-12/h7,9,12H,5-6,8,10-11H2,1-4H3/b9-7-/t12-/m0/s1. The molecule has 2 aliphatic heterocycles. The van der Waals surface area contributed by atoms with E-state index in [0.717, 1.165) is 19.4 Å². The Morgan fingerprint density at radius 2 is 1.84 bits per heavy atom. The maximum absolute atomic E-state index is 5.86. The van der Waals surface area contributed by atoms with Crippen molar-refractivity contribution in [2.45, 2.75) is 64.4 Å². The third kappa shape index (κ3) is 3.82. The van der Waals surface area contributed by atoms with Gasteiger partial charge in [-0.3, -0.25) is 0 Å².